The van der Waals surface area contributed by atoms with Gasteiger partial charge in [0.1, 0.15) is 14.9 Å². The second-order valence-electron chi connectivity index (χ2n) is 5.00. The first kappa shape index (κ1) is 16.7. The molecular formula is C15H8ClF3N2O2S. The number of carbonyl (C=O) groups is 1. The molecule has 0 saturated carbocycles. The van der Waals surface area contributed by atoms with Crippen LogP contribution in [0.25, 0.3) is 21.6 Å². The van der Waals surface area contributed by atoms with Crippen LogP contribution in [0.3, 0.4) is 0 Å². The van der Waals surface area contributed by atoms with Crippen molar-refractivity contribution in [3.63, 3.8) is 0 Å². The number of thiophene rings is 1. The number of hydrogen-bond acceptors (Lipinski definition) is 4. The Morgan fingerprint density at radius 3 is 2.54 bits per heavy atom. The first-order valence-corrected chi connectivity index (χ1v) is 7.75. The number of carboxylic acids is 1. The number of benzene rings is 1. The summed E-state index contributed by atoms with van der Waals surface area (Å²) in [5, 5.41) is 9.09. The van der Waals surface area contributed by atoms with Crippen LogP contribution in [0.4, 0.5) is 13.2 Å². The van der Waals surface area contributed by atoms with Crippen molar-refractivity contribution in [3.05, 3.63) is 45.4 Å². The Morgan fingerprint density at radius 2 is 1.96 bits per heavy atom. The maximum atomic E-state index is 12.8. The molecule has 2 heterocycles. The van der Waals surface area contributed by atoms with Crippen LogP contribution in [0.2, 0.25) is 5.15 Å². The van der Waals surface area contributed by atoms with Crippen LogP contribution in [0.15, 0.2) is 24.3 Å². The second-order valence-corrected chi connectivity index (χ2v) is 6.39. The van der Waals surface area contributed by atoms with E-state index in [0.717, 1.165) is 6.07 Å². The van der Waals surface area contributed by atoms with Crippen molar-refractivity contribution in [1.82, 2.24) is 9.97 Å². The van der Waals surface area contributed by atoms with Crippen LogP contribution in [-0.2, 0) is 6.18 Å². The molecule has 2 aromatic heterocycles. The lowest BCUT2D eigenvalue weighted by Gasteiger charge is -2.05. The van der Waals surface area contributed by atoms with E-state index in [2.05, 4.69) is 9.97 Å². The molecule has 9 heteroatoms. The summed E-state index contributed by atoms with van der Waals surface area (Å²) in [7, 11) is 0. The van der Waals surface area contributed by atoms with Crippen LogP contribution < -0.4 is 0 Å². The van der Waals surface area contributed by atoms with Crippen molar-refractivity contribution < 1.29 is 23.1 Å². The third-order valence-corrected chi connectivity index (χ3v) is 4.70. The monoisotopic (exact) mass is 372 g/mol. The molecule has 0 atom stereocenters. The number of alkyl halides is 3. The van der Waals surface area contributed by atoms with Gasteiger partial charge in [-0.15, -0.1) is 11.3 Å². The van der Waals surface area contributed by atoms with Crippen molar-refractivity contribution in [2.75, 3.05) is 0 Å². The van der Waals surface area contributed by atoms with Crippen molar-refractivity contribution in [1.29, 1.82) is 0 Å². The zero-order chi connectivity index (χ0) is 17.6. The van der Waals surface area contributed by atoms with Crippen LogP contribution in [0.1, 0.15) is 20.8 Å². The number of rotatable bonds is 2. The van der Waals surface area contributed by atoms with E-state index < -0.39 is 17.0 Å². The minimum absolute atomic E-state index is 0.0817. The molecule has 0 radical (unpaired) electrons. The lowest BCUT2D eigenvalue weighted by molar-refractivity contribution is -0.134. The van der Waals surface area contributed by atoms with Gasteiger partial charge in [-0.1, -0.05) is 17.7 Å². The fourth-order valence-corrected chi connectivity index (χ4v) is 3.38. The minimum atomic E-state index is -4.48. The summed E-state index contributed by atoms with van der Waals surface area (Å²) in [6.45, 7) is 1.61. The Bertz CT molecular complexity index is 969. The lowest BCUT2D eigenvalue weighted by Crippen LogP contribution is -2.00. The molecule has 3 rings (SSSR count). The topological polar surface area (TPSA) is 63.1 Å². The van der Waals surface area contributed by atoms with Gasteiger partial charge in [0.2, 0.25) is 0 Å². The first-order chi connectivity index (χ1) is 11.2. The average molecular weight is 373 g/mol. The van der Waals surface area contributed by atoms with Crippen LogP contribution in [0.5, 0.6) is 0 Å². The number of carboxylic acid groups (broad SMARTS) is 1. The summed E-state index contributed by atoms with van der Waals surface area (Å²) in [5.41, 5.74) is 1.09. The maximum absolute atomic E-state index is 12.8. The molecule has 0 aliphatic heterocycles. The van der Waals surface area contributed by atoms with Crippen LogP contribution in [-0.4, -0.2) is 21.0 Å². The van der Waals surface area contributed by atoms with E-state index in [1.165, 1.54) is 12.1 Å². The quantitative estimate of drug-likeness (QED) is 0.640. The fourth-order valence-electron chi connectivity index (χ4n) is 2.20. The number of aromatic nitrogens is 2. The summed E-state index contributed by atoms with van der Waals surface area (Å²) in [4.78, 5) is 18.5. The lowest BCUT2D eigenvalue weighted by atomic mass is 10.0. The third-order valence-electron chi connectivity index (χ3n) is 3.34. The number of aryl methyl sites for hydroxylation is 1. The van der Waals surface area contributed by atoms with Crippen molar-refractivity contribution >= 4 is 39.1 Å². The minimum Gasteiger partial charge on any atom is -0.478 e. The Balaban J connectivity index is 2.14. The van der Waals surface area contributed by atoms with Gasteiger partial charge < -0.3 is 5.11 Å². The Morgan fingerprint density at radius 1 is 1.25 bits per heavy atom. The van der Waals surface area contributed by atoms with E-state index in [0.29, 0.717) is 22.5 Å². The molecule has 0 spiro atoms. The van der Waals surface area contributed by atoms with Crippen molar-refractivity contribution in [2.24, 2.45) is 0 Å². The van der Waals surface area contributed by atoms with Crippen LogP contribution >= 0.6 is 22.9 Å². The number of hydrogen-bond donors (Lipinski definition) is 1. The maximum Gasteiger partial charge on any atom is 0.425 e. The van der Waals surface area contributed by atoms with E-state index in [1.54, 1.807) is 13.0 Å². The number of nitrogens with zero attached hydrogens (tertiary/aromatic N) is 2. The molecule has 0 amide bonds. The molecule has 3 aromatic rings. The standard InChI is InChI=1S/C15H8ClF3N2O2S/c1-6-4-7(2-3-8(6)14(22)23)12-20-11(16)9-5-10(15(17,18)19)24-13(9)21-12/h2-5H,1H3,(H,22,23). The van der Waals surface area contributed by atoms with E-state index >= 15 is 0 Å². The molecule has 0 aliphatic rings. The number of fused-ring (bicyclic) bond motifs is 1. The van der Waals surface area contributed by atoms with Gasteiger partial charge in [-0.05, 0) is 30.7 Å². The zero-order valence-corrected chi connectivity index (χ0v) is 13.6. The Labute approximate surface area is 142 Å². The molecule has 0 aliphatic carbocycles. The predicted molar refractivity (Wildman–Crippen MR) is 84.6 cm³/mol. The molecule has 0 saturated heterocycles. The van der Waals surface area contributed by atoms with E-state index in [1.807, 2.05) is 0 Å². The SMILES string of the molecule is Cc1cc(-c2nc(Cl)c3cc(C(F)(F)F)sc3n2)ccc1C(=O)O. The van der Waals surface area contributed by atoms with Gasteiger partial charge in [-0.25, -0.2) is 14.8 Å². The first-order valence-electron chi connectivity index (χ1n) is 6.55. The van der Waals surface area contributed by atoms with Gasteiger partial charge in [0.05, 0.1) is 5.56 Å². The highest BCUT2D eigenvalue weighted by Crippen LogP contribution is 2.39. The molecule has 0 bridgehead atoms. The van der Waals surface area contributed by atoms with Gasteiger partial charge in [0.15, 0.2) is 5.82 Å². The second kappa shape index (κ2) is 5.71. The van der Waals surface area contributed by atoms with Gasteiger partial charge in [0.25, 0.3) is 0 Å². The van der Waals surface area contributed by atoms with E-state index in [-0.39, 0.29) is 26.8 Å². The highest BCUT2D eigenvalue weighted by atomic mass is 35.5. The molecular weight excluding hydrogens is 365 g/mol. The van der Waals surface area contributed by atoms with Crippen LogP contribution in [0, 0.1) is 6.92 Å². The van der Waals surface area contributed by atoms with Gasteiger partial charge >= 0.3 is 12.1 Å². The van der Waals surface area contributed by atoms with Crippen molar-refractivity contribution in [3.8, 4) is 11.4 Å². The van der Waals surface area contributed by atoms with E-state index in [9.17, 15) is 18.0 Å². The van der Waals surface area contributed by atoms with Gasteiger partial charge in [0, 0.05) is 10.9 Å². The predicted octanol–water partition coefficient (Wildman–Crippen LogP) is 5.04. The summed E-state index contributed by atoms with van der Waals surface area (Å²) in [5.74, 6) is -0.926. The Kier molecular flexibility index (Phi) is 3.97. The molecule has 124 valence electrons. The molecule has 0 fully saturated rings. The highest BCUT2D eigenvalue weighted by Gasteiger charge is 2.33. The van der Waals surface area contributed by atoms with Crippen molar-refractivity contribution in [2.45, 2.75) is 13.1 Å². The zero-order valence-electron chi connectivity index (χ0n) is 12.0. The van der Waals surface area contributed by atoms with Gasteiger partial charge in [-0.2, -0.15) is 13.2 Å². The summed E-state index contributed by atoms with van der Waals surface area (Å²) < 4.78 is 38.5. The largest absolute Gasteiger partial charge is 0.478 e. The Hall–Kier alpha value is -2.19. The summed E-state index contributed by atoms with van der Waals surface area (Å²) in [6, 6.07) is 5.36. The summed E-state index contributed by atoms with van der Waals surface area (Å²) >= 11 is 6.48. The molecule has 0 unspecified atom stereocenters. The molecule has 4 nitrogen and oxygen atoms in total. The number of aromatic carboxylic acids is 1. The molecule has 1 aromatic carbocycles. The molecule has 1 N–H and O–H groups in total. The highest BCUT2D eigenvalue weighted by molar-refractivity contribution is 7.18. The normalized spacial score (nSPS) is 11.9. The van der Waals surface area contributed by atoms with E-state index in [4.69, 9.17) is 16.7 Å². The van der Waals surface area contributed by atoms with Gasteiger partial charge in [-0.3, -0.25) is 0 Å². The number of halogens is 4. The smallest absolute Gasteiger partial charge is 0.425 e. The average Bonchev–Trinajstić information content (AvgIpc) is 2.91. The third kappa shape index (κ3) is 2.94. The summed E-state index contributed by atoms with van der Waals surface area (Å²) in [6.07, 6.45) is -4.48. The molecule has 24 heavy (non-hydrogen) atoms. The fraction of sp³-hybridized carbons (Fsp3) is 0.133.